The first-order valence-electron chi connectivity index (χ1n) is 3.96. The van der Waals surface area contributed by atoms with Gasteiger partial charge in [0.15, 0.2) is 10.7 Å². The third-order valence-electron chi connectivity index (χ3n) is 1.84. The zero-order valence-electron chi connectivity index (χ0n) is 7.43. The molecule has 5 nitrogen and oxygen atoms in total. The van der Waals surface area contributed by atoms with Gasteiger partial charge in [-0.2, -0.15) is 0 Å². The molecule has 1 N–H and O–H groups in total. The number of hydrogen-bond donors (Lipinski definition) is 1. The molecule has 2 heterocycles. The van der Waals surface area contributed by atoms with Crippen LogP contribution in [0.25, 0.3) is 0 Å². The van der Waals surface area contributed by atoms with E-state index in [1.807, 2.05) is 13.0 Å². The van der Waals surface area contributed by atoms with Gasteiger partial charge in [-0.15, -0.1) is 11.3 Å². The summed E-state index contributed by atoms with van der Waals surface area (Å²) in [6, 6.07) is 0. The fourth-order valence-electron chi connectivity index (χ4n) is 1.17. The van der Waals surface area contributed by atoms with Gasteiger partial charge in [-0.05, 0) is 13.0 Å². The highest BCUT2D eigenvalue weighted by atomic mass is 32.1. The van der Waals surface area contributed by atoms with Gasteiger partial charge in [0, 0.05) is 5.70 Å². The molecule has 1 aliphatic heterocycles. The highest BCUT2D eigenvalue weighted by molar-refractivity contribution is 7.14. The van der Waals surface area contributed by atoms with Gasteiger partial charge in [0.1, 0.15) is 0 Å². The fourth-order valence-corrected chi connectivity index (χ4v) is 1.97. The number of aromatic nitrogens is 1. The van der Waals surface area contributed by atoms with Crippen molar-refractivity contribution in [1.29, 1.82) is 0 Å². The highest BCUT2D eigenvalue weighted by Gasteiger charge is 2.23. The van der Waals surface area contributed by atoms with E-state index in [-0.39, 0.29) is 5.69 Å². The Kier molecular flexibility index (Phi) is 2.22. The molecule has 0 radical (unpaired) electrons. The summed E-state index contributed by atoms with van der Waals surface area (Å²) in [5, 5.41) is 10.9. The third kappa shape index (κ3) is 1.38. The van der Waals surface area contributed by atoms with Crippen LogP contribution in [0.1, 0.15) is 17.4 Å². The van der Waals surface area contributed by atoms with Crippen LogP contribution < -0.4 is 5.06 Å². The maximum Gasteiger partial charge on any atom is 0.357 e. The van der Waals surface area contributed by atoms with Crippen molar-refractivity contribution in [3.8, 4) is 0 Å². The number of carboxylic acids is 1. The van der Waals surface area contributed by atoms with Crippen LogP contribution in [0.5, 0.6) is 0 Å². The van der Waals surface area contributed by atoms with E-state index >= 15 is 0 Å². The largest absolute Gasteiger partial charge is 0.476 e. The maximum atomic E-state index is 10.8. The molecule has 1 aromatic rings. The lowest BCUT2D eigenvalue weighted by Crippen LogP contribution is -2.17. The first-order chi connectivity index (χ1) is 6.70. The first-order valence-corrected chi connectivity index (χ1v) is 4.84. The molecule has 2 rings (SSSR count). The molecule has 0 spiro atoms. The Bertz CT molecular complexity index is 399. The van der Waals surface area contributed by atoms with Crippen LogP contribution >= 0.6 is 11.3 Å². The number of aromatic carboxylic acids is 1. The lowest BCUT2D eigenvalue weighted by Gasteiger charge is -2.16. The van der Waals surface area contributed by atoms with Crippen molar-refractivity contribution in [2.75, 3.05) is 11.7 Å². The normalized spacial score (nSPS) is 15.8. The molecule has 0 aliphatic carbocycles. The molecule has 74 valence electrons. The molecule has 1 aliphatic rings. The Morgan fingerprint density at radius 1 is 1.79 bits per heavy atom. The minimum absolute atomic E-state index is 0.0321. The summed E-state index contributed by atoms with van der Waals surface area (Å²) in [5.41, 5.74) is 2.41. The molecule has 6 heteroatoms. The fraction of sp³-hybridized carbons (Fsp3) is 0.250. The number of thiazole rings is 1. The Labute approximate surface area is 84.2 Å². The van der Waals surface area contributed by atoms with Crippen LogP contribution in [0.4, 0.5) is 5.00 Å². The van der Waals surface area contributed by atoms with Crippen LogP contribution in [0.15, 0.2) is 17.3 Å². The summed E-state index contributed by atoms with van der Waals surface area (Å²) in [6.07, 6.45) is 1.88. The van der Waals surface area contributed by atoms with Crippen LogP contribution in [0.3, 0.4) is 0 Å². The zero-order chi connectivity index (χ0) is 10.1. The summed E-state index contributed by atoms with van der Waals surface area (Å²) >= 11 is 1.25. The summed E-state index contributed by atoms with van der Waals surface area (Å²) in [7, 11) is 0. The van der Waals surface area contributed by atoms with Crippen molar-refractivity contribution in [3.63, 3.8) is 0 Å². The zero-order valence-corrected chi connectivity index (χ0v) is 8.24. The Morgan fingerprint density at radius 2 is 2.57 bits per heavy atom. The van der Waals surface area contributed by atoms with Gasteiger partial charge in [0.25, 0.3) is 0 Å². The lowest BCUT2D eigenvalue weighted by atomic mass is 10.4. The highest BCUT2D eigenvalue weighted by Crippen LogP contribution is 2.30. The van der Waals surface area contributed by atoms with Gasteiger partial charge in [0.2, 0.25) is 0 Å². The average molecular weight is 212 g/mol. The van der Waals surface area contributed by atoms with Gasteiger partial charge in [0.05, 0.1) is 12.1 Å². The van der Waals surface area contributed by atoms with Crippen molar-refractivity contribution in [3.05, 3.63) is 23.0 Å². The minimum atomic E-state index is -1.04. The van der Waals surface area contributed by atoms with Crippen LogP contribution in [-0.2, 0) is 4.84 Å². The number of hydroxylamine groups is 1. The van der Waals surface area contributed by atoms with E-state index in [0.717, 1.165) is 5.70 Å². The SMILES string of the molecule is CC1=CCON1c1scnc1C(=O)O. The van der Waals surface area contributed by atoms with Crippen LogP contribution in [0, 0.1) is 0 Å². The van der Waals surface area contributed by atoms with Gasteiger partial charge in [-0.3, -0.25) is 4.84 Å². The van der Waals surface area contributed by atoms with Crippen molar-refractivity contribution in [2.24, 2.45) is 0 Å². The molecule has 0 saturated carbocycles. The molecular weight excluding hydrogens is 204 g/mol. The van der Waals surface area contributed by atoms with E-state index < -0.39 is 5.97 Å². The molecule has 1 aromatic heterocycles. The lowest BCUT2D eigenvalue weighted by molar-refractivity contribution is 0.0689. The van der Waals surface area contributed by atoms with E-state index in [2.05, 4.69) is 4.98 Å². The predicted octanol–water partition coefficient (Wildman–Crippen LogP) is 1.50. The number of carboxylic acid groups (broad SMARTS) is 1. The van der Waals surface area contributed by atoms with Crippen LogP contribution in [-0.4, -0.2) is 22.7 Å². The smallest absolute Gasteiger partial charge is 0.357 e. The van der Waals surface area contributed by atoms with E-state index in [9.17, 15) is 4.79 Å². The van der Waals surface area contributed by atoms with Crippen molar-refractivity contribution in [1.82, 2.24) is 4.98 Å². The molecule has 14 heavy (non-hydrogen) atoms. The van der Waals surface area contributed by atoms with Gasteiger partial charge in [-0.1, -0.05) is 0 Å². The number of allylic oxidation sites excluding steroid dienone is 1. The van der Waals surface area contributed by atoms with Crippen molar-refractivity contribution in [2.45, 2.75) is 6.92 Å². The van der Waals surface area contributed by atoms with Gasteiger partial charge in [-0.25, -0.2) is 14.8 Å². The standard InChI is InChI=1S/C8H8N2O3S/c1-5-2-3-13-10(5)7-6(8(11)12)9-4-14-7/h2,4H,3H2,1H3,(H,11,12). The molecule has 0 fully saturated rings. The monoisotopic (exact) mass is 212 g/mol. The molecule has 0 atom stereocenters. The third-order valence-corrected chi connectivity index (χ3v) is 2.63. The van der Waals surface area contributed by atoms with E-state index in [1.165, 1.54) is 21.9 Å². The number of hydrogen-bond acceptors (Lipinski definition) is 5. The van der Waals surface area contributed by atoms with E-state index in [1.54, 1.807) is 0 Å². The molecule has 0 saturated heterocycles. The second-order valence-corrected chi connectivity index (χ2v) is 3.58. The van der Waals surface area contributed by atoms with Gasteiger partial charge < -0.3 is 5.11 Å². The van der Waals surface area contributed by atoms with Crippen LogP contribution in [0.2, 0.25) is 0 Å². The topological polar surface area (TPSA) is 62.7 Å². The molecule has 0 unspecified atom stereocenters. The minimum Gasteiger partial charge on any atom is -0.476 e. The summed E-state index contributed by atoms with van der Waals surface area (Å²) in [5.74, 6) is -1.04. The molecule has 0 bridgehead atoms. The molecular formula is C8H8N2O3S. The summed E-state index contributed by atoms with van der Waals surface area (Å²) in [4.78, 5) is 19.8. The van der Waals surface area contributed by atoms with Crippen molar-refractivity contribution >= 4 is 22.3 Å². The molecule has 0 aromatic carbocycles. The average Bonchev–Trinajstić information content (AvgIpc) is 2.70. The van der Waals surface area contributed by atoms with Crippen molar-refractivity contribution < 1.29 is 14.7 Å². The summed E-state index contributed by atoms with van der Waals surface area (Å²) < 4.78 is 0. The number of rotatable bonds is 2. The quantitative estimate of drug-likeness (QED) is 0.804. The Hall–Kier alpha value is -1.40. The number of anilines is 1. The predicted molar refractivity (Wildman–Crippen MR) is 51.3 cm³/mol. The Morgan fingerprint density at radius 3 is 3.14 bits per heavy atom. The van der Waals surface area contributed by atoms with E-state index in [4.69, 9.17) is 9.94 Å². The van der Waals surface area contributed by atoms with Gasteiger partial charge >= 0.3 is 5.97 Å². The number of nitrogens with zero attached hydrogens (tertiary/aromatic N) is 2. The van der Waals surface area contributed by atoms with E-state index in [0.29, 0.717) is 11.6 Å². The number of carbonyl (C=O) groups is 1. The second kappa shape index (κ2) is 3.39. The molecule has 0 amide bonds. The maximum absolute atomic E-state index is 10.8. The Balaban J connectivity index is 2.37. The summed E-state index contributed by atoms with van der Waals surface area (Å²) in [6.45, 7) is 2.33. The first kappa shape index (κ1) is 9.17. The second-order valence-electron chi connectivity index (χ2n) is 2.75.